The summed E-state index contributed by atoms with van der Waals surface area (Å²) >= 11 is 1.54. The third-order valence-corrected chi connectivity index (χ3v) is 5.34. The highest BCUT2D eigenvalue weighted by Gasteiger charge is 2.28. The van der Waals surface area contributed by atoms with E-state index in [9.17, 15) is 4.39 Å². The molecule has 0 spiro atoms. The van der Waals surface area contributed by atoms with Crippen molar-refractivity contribution in [1.29, 1.82) is 0 Å². The number of hydrogen-bond acceptors (Lipinski definition) is 3. The zero-order chi connectivity index (χ0) is 14.8. The number of nitrogens with two attached hydrogens (primary N) is 1. The van der Waals surface area contributed by atoms with Gasteiger partial charge in [0.15, 0.2) is 0 Å². The number of halogens is 1. The third kappa shape index (κ3) is 2.92. The van der Waals surface area contributed by atoms with Crippen molar-refractivity contribution < 1.29 is 9.13 Å². The van der Waals surface area contributed by atoms with Crippen LogP contribution in [0.25, 0.3) is 0 Å². The Labute approximate surface area is 128 Å². The van der Waals surface area contributed by atoms with Crippen LogP contribution in [0.5, 0.6) is 5.75 Å². The highest BCUT2D eigenvalue weighted by atomic mass is 32.2. The molecular formula is C17H18FNOS. The summed E-state index contributed by atoms with van der Waals surface area (Å²) in [5.41, 5.74) is 8.79. The summed E-state index contributed by atoms with van der Waals surface area (Å²) in [7, 11) is 1.67. The maximum atomic E-state index is 13.8. The number of ether oxygens (including phenoxy) is 1. The minimum atomic E-state index is -0.171. The van der Waals surface area contributed by atoms with E-state index in [1.54, 1.807) is 24.9 Å². The van der Waals surface area contributed by atoms with Crippen LogP contribution >= 0.6 is 11.8 Å². The summed E-state index contributed by atoms with van der Waals surface area (Å²) in [5, 5.41) is 0.197. The van der Waals surface area contributed by atoms with Crippen LogP contribution in [0, 0.1) is 5.82 Å². The van der Waals surface area contributed by atoms with Crippen molar-refractivity contribution >= 4 is 11.8 Å². The summed E-state index contributed by atoms with van der Waals surface area (Å²) < 4.78 is 19.0. The summed E-state index contributed by atoms with van der Waals surface area (Å²) in [6.45, 7) is 0. The van der Waals surface area contributed by atoms with Crippen LogP contribution in [-0.2, 0) is 6.42 Å². The Bertz CT molecular complexity index is 646. The molecule has 0 fully saturated rings. The number of aryl methyl sites for hydroxylation is 1. The molecule has 110 valence electrons. The van der Waals surface area contributed by atoms with Gasteiger partial charge in [-0.3, -0.25) is 0 Å². The largest absolute Gasteiger partial charge is 0.497 e. The van der Waals surface area contributed by atoms with Crippen molar-refractivity contribution in [2.24, 2.45) is 5.73 Å². The Hall–Kier alpha value is -1.52. The number of fused-ring (bicyclic) bond motifs is 1. The van der Waals surface area contributed by atoms with Crippen LogP contribution < -0.4 is 10.5 Å². The predicted octanol–water partition coefficient (Wildman–Crippen LogP) is 3.94. The molecule has 0 aromatic heterocycles. The monoisotopic (exact) mass is 303 g/mol. The van der Waals surface area contributed by atoms with Gasteiger partial charge in [-0.1, -0.05) is 18.2 Å². The molecule has 2 aromatic carbocycles. The van der Waals surface area contributed by atoms with E-state index >= 15 is 0 Å². The van der Waals surface area contributed by atoms with Crippen LogP contribution in [0.1, 0.15) is 23.6 Å². The average Bonchev–Trinajstić information content (AvgIpc) is 2.51. The first kappa shape index (κ1) is 14.4. The minimum Gasteiger partial charge on any atom is -0.497 e. The lowest BCUT2D eigenvalue weighted by atomic mass is 9.87. The van der Waals surface area contributed by atoms with Crippen molar-refractivity contribution in [3.8, 4) is 5.75 Å². The first-order valence-corrected chi connectivity index (χ1v) is 7.90. The molecule has 3 rings (SSSR count). The van der Waals surface area contributed by atoms with Crippen LogP contribution in [0.15, 0.2) is 47.4 Å². The normalized spacial score (nSPS) is 20.9. The molecule has 2 aromatic rings. The van der Waals surface area contributed by atoms with Crippen molar-refractivity contribution in [3.63, 3.8) is 0 Å². The molecule has 0 amide bonds. The van der Waals surface area contributed by atoms with E-state index in [1.807, 2.05) is 24.3 Å². The second kappa shape index (κ2) is 6.08. The molecule has 0 saturated heterocycles. The van der Waals surface area contributed by atoms with E-state index < -0.39 is 0 Å². The van der Waals surface area contributed by atoms with Gasteiger partial charge in [-0.25, -0.2) is 4.39 Å². The third-order valence-electron chi connectivity index (χ3n) is 3.92. The number of hydrogen-bond donors (Lipinski definition) is 1. The summed E-state index contributed by atoms with van der Waals surface area (Å²) in [6, 6.07) is 12.8. The molecule has 0 bridgehead atoms. The molecule has 4 heteroatoms. The van der Waals surface area contributed by atoms with E-state index in [0.717, 1.165) is 24.2 Å². The van der Waals surface area contributed by atoms with Crippen LogP contribution in [0.3, 0.4) is 0 Å². The van der Waals surface area contributed by atoms with Crippen molar-refractivity contribution in [2.75, 3.05) is 7.11 Å². The van der Waals surface area contributed by atoms with Crippen LogP contribution in [0.2, 0.25) is 0 Å². The average molecular weight is 303 g/mol. The molecule has 1 aliphatic rings. The highest BCUT2D eigenvalue weighted by molar-refractivity contribution is 8.00. The number of thioether (sulfide) groups is 1. The van der Waals surface area contributed by atoms with Gasteiger partial charge in [0.2, 0.25) is 0 Å². The molecule has 2 atom stereocenters. The lowest BCUT2D eigenvalue weighted by molar-refractivity contribution is 0.413. The Morgan fingerprint density at radius 1 is 1.24 bits per heavy atom. The van der Waals surface area contributed by atoms with Gasteiger partial charge in [0, 0.05) is 16.2 Å². The predicted molar refractivity (Wildman–Crippen MR) is 84.3 cm³/mol. The van der Waals surface area contributed by atoms with E-state index in [4.69, 9.17) is 10.5 Å². The van der Waals surface area contributed by atoms with Gasteiger partial charge in [-0.05, 0) is 48.2 Å². The Balaban J connectivity index is 1.82. The van der Waals surface area contributed by atoms with E-state index in [2.05, 4.69) is 6.07 Å². The van der Waals surface area contributed by atoms with Gasteiger partial charge < -0.3 is 10.5 Å². The fourth-order valence-electron chi connectivity index (χ4n) is 2.76. The van der Waals surface area contributed by atoms with Gasteiger partial charge in [0.1, 0.15) is 11.6 Å². The number of methoxy groups -OCH3 is 1. The molecular weight excluding hydrogens is 285 g/mol. The van der Waals surface area contributed by atoms with E-state index in [1.165, 1.54) is 11.6 Å². The number of benzene rings is 2. The van der Waals surface area contributed by atoms with E-state index in [-0.39, 0.29) is 17.1 Å². The zero-order valence-electron chi connectivity index (χ0n) is 11.9. The molecule has 0 aliphatic heterocycles. The first-order valence-electron chi connectivity index (χ1n) is 7.02. The van der Waals surface area contributed by atoms with Crippen LogP contribution in [-0.4, -0.2) is 12.4 Å². The molecule has 0 saturated carbocycles. The second-order valence-corrected chi connectivity index (χ2v) is 6.50. The summed E-state index contributed by atoms with van der Waals surface area (Å²) in [4.78, 5) is 0.676. The topological polar surface area (TPSA) is 35.2 Å². The fraction of sp³-hybridized carbons (Fsp3) is 0.294. The smallest absolute Gasteiger partial charge is 0.136 e. The molecule has 21 heavy (non-hydrogen) atoms. The Morgan fingerprint density at radius 2 is 2.05 bits per heavy atom. The Kier molecular flexibility index (Phi) is 4.17. The van der Waals surface area contributed by atoms with Crippen LogP contribution in [0.4, 0.5) is 4.39 Å². The maximum Gasteiger partial charge on any atom is 0.136 e. The molecule has 2 N–H and O–H groups in total. The molecule has 0 radical (unpaired) electrons. The molecule has 1 aliphatic carbocycles. The highest BCUT2D eigenvalue weighted by Crippen LogP contribution is 2.40. The van der Waals surface area contributed by atoms with E-state index in [0.29, 0.717) is 4.90 Å². The lowest BCUT2D eigenvalue weighted by Gasteiger charge is -2.31. The van der Waals surface area contributed by atoms with Crippen molar-refractivity contribution in [2.45, 2.75) is 29.0 Å². The fourth-order valence-corrected chi connectivity index (χ4v) is 3.96. The second-order valence-electron chi connectivity index (χ2n) is 5.22. The maximum absolute atomic E-state index is 13.8. The standard InChI is InChI=1S/C17H18FNOS/c1-20-12-7-8-13-11(10-12)6-9-16(17(13)19)21-15-5-3-2-4-14(15)18/h2-5,7-8,10,16-17H,6,9,19H2,1H3. The summed E-state index contributed by atoms with van der Waals surface area (Å²) in [6.07, 6.45) is 1.90. The molecule has 2 nitrogen and oxygen atoms in total. The molecule has 0 heterocycles. The SMILES string of the molecule is COc1ccc2c(c1)CCC(Sc1ccccc1F)C2N. The first-order chi connectivity index (χ1) is 10.2. The Morgan fingerprint density at radius 3 is 2.81 bits per heavy atom. The quantitative estimate of drug-likeness (QED) is 0.932. The van der Waals surface area contributed by atoms with Gasteiger partial charge in [0.25, 0.3) is 0 Å². The van der Waals surface area contributed by atoms with Gasteiger partial charge in [-0.15, -0.1) is 11.8 Å². The lowest BCUT2D eigenvalue weighted by Crippen LogP contribution is -2.29. The summed E-state index contributed by atoms with van der Waals surface area (Å²) in [5.74, 6) is 0.691. The zero-order valence-corrected chi connectivity index (χ0v) is 12.7. The molecule has 2 unspecified atom stereocenters. The van der Waals surface area contributed by atoms with Crippen molar-refractivity contribution in [1.82, 2.24) is 0 Å². The van der Waals surface area contributed by atoms with Gasteiger partial charge in [-0.2, -0.15) is 0 Å². The number of rotatable bonds is 3. The van der Waals surface area contributed by atoms with Gasteiger partial charge >= 0.3 is 0 Å². The van der Waals surface area contributed by atoms with Crippen molar-refractivity contribution in [3.05, 3.63) is 59.4 Å². The minimum absolute atomic E-state index is 0.0794. The van der Waals surface area contributed by atoms with Gasteiger partial charge in [0.05, 0.1) is 7.11 Å².